The lowest BCUT2D eigenvalue weighted by Gasteiger charge is -2.19. The highest BCUT2D eigenvalue weighted by molar-refractivity contribution is 9.10. The molecule has 0 bridgehead atoms. The topological polar surface area (TPSA) is 43.1 Å². The van der Waals surface area contributed by atoms with Gasteiger partial charge in [-0.15, -0.1) is 0 Å². The van der Waals surface area contributed by atoms with Crippen molar-refractivity contribution < 1.29 is 4.79 Å². The zero-order valence-corrected chi connectivity index (χ0v) is 10.2. The van der Waals surface area contributed by atoms with Crippen molar-refractivity contribution in [2.24, 2.45) is 5.73 Å². The molecule has 3 heteroatoms. The molecule has 0 atom stereocenters. The molecule has 0 saturated carbocycles. The quantitative estimate of drug-likeness (QED) is 0.824. The lowest BCUT2D eigenvalue weighted by Crippen LogP contribution is -2.15. The van der Waals surface area contributed by atoms with Crippen LogP contribution in [-0.2, 0) is 5.41 Å². The molecule has 0 aliphatic carbocycles. The van der Waals surface area contributed by atoms with E-state index in [0.717, 1.165) is 10.0 Å². The highest BCUT2D eigenvalue weighted by atomic mass is 79.9. The van der Waals surface area contributed by atoms with E-state index in [1.54, 1.807) is 6.07 Å². The fraction of sp³-hybridized carbons (Fsp3) is 0.364. The molecule has 0 aliphatic heterocycles. The second-order valence-corrected chi connectivity index (χ2v) is 5.26. The minimum absolute atomic E-state index is 0.0218. The number of amides is 1. The first-order chi connectivity index (χ1) is 6.30. The lowest BCUT2D eigenvalue weighted by atomic mass is 9.86. The third kappa shape index (κ3) is 2.58. The molecular weight excluding hydrogens is 242 g/mol. The Bertz CT molecular complexity index is 366. The van der Waals surface area contributed by atoms with Crippen molar-refractivity contribution in [3.05, 3.63) is 33.8 Å². The molecule has 0 fully saturated rings. The summed E-state index contributed by atoms with van der Waals surface area (Å²) in [4.78, 5) is 11.0. The van der Waals surface area contributed by atoms with Crippen molar-refractivity contribution in [1.29, 1.82) is 0 Å². The summed E-state index contributed by atoms with van der Waals surface area (Å²) in [5, 5.41) is 0. The van der Waals surface area contributed by atoms with Crippen LogP contribution in [0.25, 0.3) is 0 Å². The van der Waals surface area contributed by atoms with Crippen LogP contribution >= 0.6 is 15.9 Å². The third-order valence-electron chi connectivity index (χ3n) is 2.05. The van der Waals surface area contributed by atoms with Gasteiger partial charge in [-0.1, -0.05) is 36.7 Å². The average molecular weight is 256 g/mol. The monoisotopic (exact) mass is 255 g/mol. The highest BCUT2D eigenvalue weighted by Gasteiger charge is 2.15. The van der Waals surface area contributed by atoms with Crippen molar-refractivity contribution in [3.63, 3.8) is 0 Å². The van der Waals surface area contributed by atoms with Gasteiger partial charge in [0.1, 0.15) is 0 Å². The molecule has 76 valence electrons. The molecule has 1 amide bonds. The lowest BCUT2D eigenvalue weighted by molar-refractivity contribution is 0.1000. The summed E-state index contributed by atoms with van der Waals surface area (Å²) in [6, 6.07) is 5.58. The predicted octanol–water partition coefficient (Wildman–Crippen LogP) is 2.85. The smallest absolute Gasteiger partial charge is 0.248 e. The largest absolute Gasteiger partial charge is 0.366 e. The molecule has 2 N–H and O–H groups in total. The number of halogens is 1. The van der Waals surface area contributed by atoms with Crippen molar-refractivity contribution >= 4 is 21.8 Å². The second kappa shape index (κ2) is 3.73. The van der Waals surface area contributed by atoms with Crippen molar-refractivity contribution in [3.8, 4) is 0 Å². The molecule has 2 nitrogen and oxygen atoms in total. The van der Waals surface area contributed by atoms with Crippen LogP contribution in [-0.4, -0.2) is 5.91 Å². The maximum atomic E-state index is 11.0. The minimum atomic E-state index is -0.392. The van der Waals surface area contributed by atoms with Gasteiger partial charge in [-0.05, 0) is 29.2 Å². The Hall–Kier alpha value is -0.830. The predicted molar refractivity (Wildman–Crippen MR) is 61.4 cm³/mol. The van der Waals surface area contributed by atoms with Crippen LogP contribution in [0.5, 0.6) is 0 Å². The molecule has 14 heavy (non-hydrogen) atoms. The number of rotatable bonds is 1. The van der Waals surface area contributed by atoms with E-state index in [-0.39, 0.29) is 5.41 Å². The van der Waals surface area contributed by atoms with E-state index in [9.17, 15) is 4.79 Å². The summed E-state index contributed by atoms with van der Waals surface area (Å²) in [7, 11) is 0. The normalized spacial score (nSPS) is 11.4. The summed E-state index contributed by atoms with van der Waals surface area (Å²) < 4.78 is 0.888. The summed E-state index contributed by atoms with van der Waals surface area (Å²) in [5.41, 5.74) is 6.90. The van der Waals surface area contributed by atoms with Gasteiger partial charge in [0.2, 0.25) is 5.91 Å². The van der Waals surface area contributed by atoms with Gasteiger partial charge in [-0.3, -0.25) is 4.79 Å². The summed E-state index contributed by atoms with van der Waals surface area (Å²) >= 11 is 3.37. The molecule has 0 radical (unpaired) electrons. The third-order valence-corrected chi connectivity index (χ3v) is 2.51. The SMILES string of the molecule is CC(C)(C)c1cc(Br)cc(C(N)=O)c1. The molecule has 1 aromatic rings. The fourth-order valence-electron chi connectivity index (χ4n) is 1.16. The molecule has 0 spiro atoms. The first-order valence-corrected chi connectivity index (χ1v) is 5.21. The van der Waals surface area contributed by atoms with Crippen LogP contribution in [0, 0.1) is 0 Å². The van der Waals surface area contributed by atoms with Gasteiger partial charge in [0, 0.05) is 10.0 Å². The summed E-state index contributed by atoms with van der Waals surface area (Å²) in [5.74, 6) is -0.392. The maximum Gasteiger partial charge on any atom is 0.248 e. The van der Waals surface area contributed by atoms with Gasteiger partial charge in [-0.2, -0.15) is 0 Å². The van der Waals surface area contributed by atoms with Crippen molar-refractivity contribution in [2.45, 2.75) is 26.2 Å². The van der Waals surface area contributed by atoms with E-state index < -0.39 is 5.91 Å². The first kappa shape index (κ1) is 11.2. The van der Waals surface area contributed by atoms with Crippen LogP contribution in [0.1, 0.15) is 36.7 Å². The van der Waals surface area contributed by atoms with Crippen LogP contribution in [0.2, 0.25) is 0 Å². The van der Waals surface area contributed by atoms with Gasteiger partial charge in [0.25, 0.3) is 0 Å². The number of carbonyl (C=O) groups excluding carboxylic acids is 1. The number of hydrogen-bond acceptors (Lipinski definition) is 1. The number of benzene rings is 1. The number of nitrogens with two attached hydrogens (primary N) is 1. The minimum Gasteiger partial charge on any atom is -0.366 e. The van der Waals surface area contributed by atoms with E-state index in [2.05, 4.69) is 36.7 Å². The van der Waals surface area contributed by atoms with Crippen LogP contribution in [0.4, 0.5) is 0 Å². The van der Waals surface area contributed by atoms with Gasteiger partial charge in [0.15, 0.2) is 0 Å². The Morgan fingerprint density at radius 3 is 2.29 bits per heavy atom. The number of primary amides is 1. The fourth-order valence-corrected chi connectivity index (χ4v) is 1.66. The Morgan fingerprint density at radius 2 is 1.86 bits per heavy atom. The molecule has 0 saturated heterocycles. The van der Waals surface area contributed by atoms with Crippen molar-refractivity contribution in [2.75, 3.05) is 0 Å². The Balaban J connectivity index is 3.28. The summed E-state index contributed by atoms with van der Waals surface area (Å²) in [6.07, 6.45) is 0. The number of hydrogen-bond donors (Lipinski definition) is 1. The van der Waals surface area contributed by atoms with Crippen LogP contribution in [0.3, 0.4) is 0 Å². The van der Waals surface area contributed by atoms with Gasteiger partial charge in [0.05, 0.1) is 0 Å². The molecule has 1 rings (SSSR count). The van der Waals surface area contributed by atoms with Gasteiger partial charge >= 0.3 is 0 Å². The van der Waals surface area contributed by atoms with E-state index in [0.29, 0.717) is 5.56 Å². The van der Waals surface area contributed by atoms with Gasteiger partial charge in [-0.25, -0.2) is 0 Å². The van der Waals surface area contributed by atoms with E-state index in [1.807, 2.05) is 12.1 Å². The molecule has 0 aliphatic rings. The maximum absolute atomic E-state index is 11.0. The molecular formula is C11H14BrNO. The zero-order valence-electron chi connectivity index (χ0n) is 8.60. The molecule has 0 aromatic heterocycles. The van der Waals surface area contributed by atoms with E-state index >= 15 is 0 Å². The van der Waals surface area contributed by atoms with Crippen LogP contribution in [0.15, 0.2) is 22.7 Å². The van der Waals surface area contributed by atoms with E-state index in [4.69, 9.17) is 5.73 Å². The summed E-state index contributed by atoms with van der Waals surface area (Å²) in [6.45, 7) is 6.29. The van der Waals surface area contributed by atoms with E-state index in [1.165, 1.54) is 0 Å². The van der Waals surface area contributed by atoms with Gasteiger partial charge < -0.3 is 5.73 Å². The Kier molecular flexibility index (Phi) is 3.00. The Morgan fingerprint density at radius 1 is 1.29 bits per heavy atom. The molecule has 0 heterocycles. The molecule has 0 unspecified atom stereocenters. The molecule has 1 aromatic carbocycles. The zero-order chi connectivity index (χ0) is 10.9. The average Bonchev–Trinajstić information content (AvgIpc) is 2.01. The number of carbonyl (C=O) groups is 1. The highest BCUT2D eigenvalue weighted by Crippen LogP contribution is 2.26. The first-order valence-electron chi connectivity index (χ1n) is 4.41. The van der Waals surface area contributed by atoms with Crippen molar-refractivity contribution in [1.82, 2.24) is 0 Å². The second-order valence-electron chi connectivity index (χ2n) is 4.34. The Labute approximate surface area is 92.6 Å². The standard InChI is InChI=1S/C11H14BrNO/c1-11(2,3)8-4-7(10(13)14)5-9(12)6-8/h4-6H,1-3H3,(H2,13,14). The van der Waals surface area contributed by atoms with Crippen LogP contribution < -0.4 is 5.73 Å².